The minimum absolute atomic E-state index is 0.00791. The number of rotatable bonds is 14. The fourth-order valence-electron chi connectivity index (χ4n) is 2.57. The molecule has 5 heteroatoms. The van der Waals surface area contributed by atoms with Gasteiger partial charge in [0, 0.05) is 0 Å². The molecule has 0 aliphatic rings. The third kappa shape index (κ3) is 15.6. The molecule has 0 aromatic heterocycles. The molecule has 0 rings (SSSR count). The molecule has 0 unspecified atom stereocenters. The topological polar surface area (TPSA) is 44.5 Å². The summed E-state index contributed by atoms with van der Waals surface area (Å²) in [5, 5.41) is 0. The average Bonchev–Trinajstić information content (AvgIpc) is 2.40. The van der Waals surface area contributed by atoms with Crippen LogP contribution in [0.1, 0.15) is 58.3 Å². The summed E-state index contributed by atoms with van der Waals surface area (Å²) in [6, 6.07) is 0.00791. The van der Waals surface area contributed by atoms with Crippen LogP contribution < -0.4 is 5.73 Å². The molecule has 0 radical (unpaired) electrons. The maximum atomic E-state index is 6.41. The molecule has 140 valence electrons. The Hall–Kier alpha value is 0.314. The molecule has 0 aliphatic heterocycles. The lowest BCUT2D eigenvalue weighted by atomic mass is 10.0. The van der Waals surface area contributed by atoms with E-state index in [1.54, 1.807) is 0 Å². The highest BCUT2D eigenvalue weighted by molar-refractivity contribution is 6.70. The van der Waals surface area contributed by atoms with Crippen LogP contribution in [0, 0.1) is 0 Å². The lowest BCUT2D eigenvalue weighted by Gasteiger charge is -2.32. The number of unbranched alkanes of at least 4 members (excludes halogenated alkanes) is 6. The van der Waals surface area contributed by atoms with Crippen molar-refractivity contribution in [3.05, 3.63) is 0 Å². The summed E-state index contributed by atoms with van der Waals surface area (Å²) < 4.78 is 12.4. The third-order valence-corrected chi connectivity index (χ3v) is 5.83. The van der Waals surface area contributed by atoms with Gasteiger partial charge in [0.25, 0.3) is 0 Å². The summed E-state index contributed by atoms with van der Waals surface area (Å²) in [7, 11) is -3.07. The maximum Gasteiger partial charge on any atom is 0.184 e. The lowest BCUT2D eigenvalue weighted by molar-refractivity contribution is 0.118. The fraction of sp³-hybridized carbons (Fsp3) is 1.00. The SMILES string of the molecule is CCCCCCCCC[C@@H](O[Si](C)(C)C)[C@@H](N)CO[Si](C)(C)C. The highest BCUT2D eigenvalue weighted by atomic mass is 28.4. The van der Waals surface area contributed by atoms with Crippen molar-refractivity contribution < 1.29 is 8.85 Å². The summed E-state index contributed by atoms with van der Waals surface area (Å²) in [6.45, 7) is 16.3. The first-order valence-corrected chi connectivity index (χ1v) is 16.4. The van der Waals surface area contributed by atoms with Gasteiger partial charge in [-0.15, -0.1) is 0 Å². The van der Waals surface area contributed by atoms with Gasteiger partial charge < -0.3 is 14.6 Å². The van der Waals surface area contributed by atoms with Gasteiger partial charge in [-0.3, -0.25) is 0 Å². The Balaban J connectivity index is 4.19. The standard InChI is InChI=1S/C18H43NO2Si2/c1-8-9-10-11-12-13-14-15-18(21-23(5,6)7)17(19)16-20-22(2,3)4/h17-18H,8-16,19H2,1-7H3/t17-,18+/m0/s1. The van der Waals surface area contributed by atoms with Crippen molar-refractivity contribution in [1.29, 1.82) is 0 Å². The Labute approximate surface area is 148 Å². The minimum atomic E-state index is -1.57. The summed E-state index contributed by atoms with van der Waals surface area (Å²) in [4.78, 5) is 0. The molecule has 23 heavy (non-hydrogen) atoms. The molecular formula is C18H43NO2Si2. The number of nitrogens with two attached hydrogens (primary N) is 1. The van der Waals surface area contributed by atoms with Crippen molar-refractivity contribution in [2.24, 2.45) is 5.73 Å². The molecule has 0 spiro atoms. The quantitative estimate of drug-likeness (QED) is 0.327. The van der Waals surface area contributed by atoms with Crippen LogP contribution in [0.25, 0.3) is 0 Å². The van der Waals surface area contributed by atoms with Crippen molar-refractivity contribution >= 4 is 16.6 Å². The number of hydrogen-bond acceptors (Lipinski definition) is 3. The van der Waals surface area contributed by atoms with E-state index in [0.717, 1.165) is 6.42 Å². The molecule has 0 aromatic carbocycles. The zero-order valence-electron chi connectivity index (χ0n) is 16.9. The first kappa shape index (κ1) is 23.3. The van der Waals surface area contributed by atoms with E-state index in [2.05, 4.69) is 46.2 Å². The lowest BCUT2D eigenvalue weighted by Crippen LogP contribution is -2.47. The predicted octanol–water partition coefficient (Wildman–Crippen LogP) is 5.53. The second kappa shape index (κ2) is 11.8. The molecule has 0 fully saturated rings. The van der Waals surface area contributed by atoms with Crippen LogP contribution >= 0.6 is 0 Å². The predicted molar refractivity (Wildman–Crippen MR) is 108 cm³/mol. The molecule has 0 amide bonds. The van der Waals surface area contributed by atoms with Crippen LogP contribution in [0.15, 0.2) is 0 Å². The van der Waals surface area contributed by atoms with Gasteiger partial charge in [-0.2, -0.15) is 0 Å². The van der Waals surface area contributed by atoms with Crippen molar-refractivity contribution in [1.82, 2.24) is 0 Å². The molecule has 0 saturated carbocycles. The van der Waals surface area contributed by atoms with Gasteiger partial charge in [-0.05, 0) is 45.7 Å². The Morgan fingerprint density at radius 3 is 1.78 bits per heavy atom. The van der Waals surface area contributed by atoms with Crippen molar-refractivity contribution in [3.63, 3.8) is 0 Å². The highest BCUT2D eigenvalue weighted by Crippen LogP contribution is 2.18. The molecule has 2 N–H and O–H groups in total. The van der Waals surface area contributed by atoms with Gasteiger partial charge in [-0.1, -0.05) is 51.9 Å². The normalized spacial score (nSPS) is 15.7. The van der Waals surface area contributed by atoms with E-state index in [9.17, 15) is 0 Å². The molecule has 0 heterocycles. The van der Waals surface area contributed by atoms with E-state index in [4.69, 9.17) is 14.6 Å². The summed E-state index contributed by atoms with van der Waals surface area (Å²) >= 11 is 0. The zero-order valence-corrected chi connectivity index (χ0v) is 18.9. The summed E-state index contributed by atoms with van der Waals surface area (Å²) in [5.41, 5.74) is 6.41. The van der Waals surface area contributed by atoms with Crippen LogP contribution in [0.4, 0.5) is 0 Å². The van der Waals surface area contributed by atoms with Crippen molar-refractivity contribution in [2.45, 2.75) is 110 Å². The fourth-order valence-corrected chi connectivity index (χ4v) is 4.46. The molecule has 3 nitrogen and oxygen atoms in total. The van der Waals surface area contributed by atoms with E-state index in [0.29, 0.717) is 6.61 Å². The van der Waals surface area contributed by atoms with Gasteiger partial charge in [0.2, 0.25) is 0 Å². The smallest absolute Gasteiger partial charge is 0.184 e. The largest absolute Gasteiger partial charge is 0.416 e. The molecule has 0 aromatic rings. The van der Waals surface area contributed by atoms with Gasteiger partial charge in [0.1, 0.15) is 0 Å². The first-order valence-electron chi connectivity index (χ1n) is 9.62. The Morgan fingerprint density at radius 2 is 1.30 bits per heavy atom. The van der Waals surface area contributed by atoms with E-state index >= 15 is 0 Å². The second-order valence-corrected chi connectivity index (χ2v) is 17.7. The van der Waals surface area contributed by atoms with E-state index in [1.807, 2.05) is 0 Å². The molecule has 0 saturated heterocycles. The van der Waals surface area contributed by atoms with Crippen molar-refractivity contribution in [3.8, 4) is 0 Å². The van der Waals surface area contributed by atoms with Crippen molar-refractivity contribution in [2.75, 3.05) is 6.61 Å². The Bertz CT molecular complexity index is 288. The van der Waals surface area contributed by atoms with E-state index in [1.165, 1.54) is 44.9 Å². The van der Waals surface area contributed by atoms with Crippen LogP contribution in [-0.4, -0.2) is 35.4 Å². The van der Waals surface area contributed by atoms with Gasteiger partial charge in [0.05, 0.1) is 18.8 Å². The van der Waals surface area contributed by atoms with Crippen LogP contribution in [-0.2, 0) is 8.85 Å². The van der Waals surface area contributed by atoms with Gasteiger partial charge >= 0.3 is 0 Å². The van der Waals surface area contributed by atoms with Gasteiger partial charge in [-0.25, -0.2) is 0 Å². The van der Waals surface area contributed by atoms with Gasteiger partial charge in [0.15, 0.2) is 16.6 Å². The minimum Gasteiger partial charge on any atom is -0.416 e. The van der Waals surface area contributed by atoms with Crippen LogP contribution in [0.3, 0.4) is 0 Å². The summed E-state index contributed by atoms with van der Waals surface area (Å²) in [6.07, 6.45) is 10.6. The Morgan fingerprint density at radius 1 is 0.783 bits per heavy atom. The van der Waals surface area contributed by atoms with Crippen LogP contribution in [0.2, 0.25) is 39.3 Å². The third-order valence-electron chi connectivity index (χ3n) is 3.78. The first-order chi connectivity index (χ1) is 10.5. The Kier molecular flexibility index (Phi) is 12.0. The second-order valence-electron chi connectivity index (χ2n) is 8.77. The average molecular weight is 362 g/mol. The highest BCUT2D eigenvalue weighted by Gasteiger charge is 2.27. The molecule has 0 bridgehead atoms. The maximum absolute atomic E-state index is 6.41. The van der Waals surface area contributed by atoms with E-state index in [-0.39, 0.29) is 12.1 Å². The summed E-state index contributed by atoms with van der Waals surface area (Å²) in [5.74, 6) is 0. The number of hydrogen-bond donors (Lipinski definition) is 1. The van der Waals surface area contributed by atoms with E-state index < -0.39 is 16.6 Å². The molecular weight excluding hydrogens is 318 g/mol. The monoisotopic (exact) mass is 361 g/mol. The molecule has 2 atom stereocenters. The molecule has 0 aliphatic carbocycles. The zero-order chi connectivity index (χ0) is 17.9. The van der Waals surface area contributed by atoms with Crippen LogP contribution in [0.5, 0.6) is 0 Å².